The first kappa shape index (κ1) is 11.8. The average molecular weight is 258 g/mol. The maximum Gasteiger partial charge on any atom is 0.348 e. The topological polar surface area (TPSA) is 76.3 Å². The molecule has 0 aromatic carbocycles. The lowest BCUT2D eigenvalue weighted by atomic mass is 10.1. The van der Waals surface area contributed by atoms with Gasteiger partial charge in [-0.25, -0.2) is 9.78 Å². The van der Waals surface area contributed by atoms with Gasteiger partial charge in [-0.1, -0.05) is 5.21 Å². The molecule has 1 fully saturated rings. The van der Waals surface area contributed by atoms with Crippen LogP contribution in [0.4, 0.5) is 4.79 Å². The zero-order chi connectivity index (χ0) is 13.2. The number of amides is 1. The molecule has 0 N–H and O–H groups in total. The van der Waals surface area contributed by atoms with Crippen LogP contribution in [0.25, 0.3) is 11.2 Å². The first-order valence-corrected chi connectivity index (χ1v) is 6.21. The van der Waals surface area contributed by atoms with Gasteiger partial charge in [-0.2, -0.15) is 0 Å². The molecule has 98 valence electrons. The van der Waals surface area contributed by atoms with Gasteiger partial charge in [-0.3, -0.25) is 4.99 Å². The normalized spacial score (nSPS) is 16.7. The molecule has 0 atom stereocenters. The molecule has 0 spiro atoms. The maximum absolute atomic E-state index is 12.4. The van der Waals surface area contributed by atoms with Crippen molar-refractivity contribution in [1.82, 2.24) is 24.9 Å². The minimum absolute atomic E-state index is 0.177. The minimum atomic E-state index is -0.177. The predicted molar refractivity (Wildman–Crippen MR) is 70.3 cm³/mol. The Hall–Kier alpha value is -2.31. The molecule has 2 aromatic heterocycles. The molecule has 1 amide bonds. The number of fused-ring (bicyclic) bond motifs is 1. The van der Waals surface area contributed by atoms with E-state index in [1.165, 1.54) is 4.68 Å². The van der Waals surface area contributed by atoms with Crippen molar-refractivity contribution in [3.63, 3.8) is 0 Å². The van der Waals surface area contributed by atoms with Gasteiger partial charge in [0.15, 0.2) is 5.65 Å². The van der Waals surface area contributed by atoms with E-state index in [9.17, 15) is 4.79 Å². The molecule has 0 unspecified atom stereocenters. The molecule has 0 bridgehead atoms. The van der Waals surface area contributed by atoms with E-state index in [0.29, 0.717) is 24.3 Å². The van der Waals surface area contributed by atoms with Crippen molar-refractivity contribution in [3.8, 4) is 0 Å². The van der Waals surface area contributed by atoms with Gasteiger partial charge < -0.3 is 4.90 Å². The number of carbonyl (C=O) groups is 1. The number of hydrogen-bond acceptors (Lipinski definition) is 5. The van der Waals surface area contributed by atoms with E-state index in [1.54, 1.807) is 23.2 Å². The van der Waals surface area contributed by atoms with E-state index in [1.807, 2.05) is 0 Å². The van der Waals surface area contributed by atoms with Gasteiger partial charge in [0.1, 0.15) is 5.52 Å². The fourth-order valence-corrected chi connectivity index (χ4v) is 2.27. The summed E-state index contributed by atoms with van der Waals surface area (Å²) in [7, 11) is 0. The van der Waals surface area contributed by atoms with Crippen LogP contribution in [-0.2, 0) is 0 Å². The highest BCUT2D eigenvalue weighted by Crippen LogP contribution is 2.15. The Labute approximate surface area is 109 Å². The van der Waals surface area contributed by atoms with Crippen LogP contribution in [-0.4, -0.2) is 56.8 Å². The van der Waals surface area contributed by atoms with Gasteiger partial charge in [-0.05, 0) is 31.7 Å². The third kappa shape index (κ3) is 2.07. The molecule has 0 aliphatic carbocycles. The summed E-state index contributed by atoms with van der Waals surface area (Å²) in [5.74, 6) is 0. The summed E-state index contributed by atoms with van der Waals surface area (Å²) in [4.78, 5) is 22.3. The van der Waals surface area contributed by atoms with Gasteiger partial charge >= 0.3 is 6.03 Å². The number of hydrogen-bond donors (Lipinski definition) is 0. The lowest BCUT2D eigenvalue weighted by molar-refractivity contribution is 0.181. The summed E-state index contributed by atoms with van der Waals surface area (Å²) in [6.07, 6.45) is 3.31. The molecular formula is C12H14N6O. The van der Waals surface area contributed by atoms with Crippen LogP contribution < -0.4 is 0 Å². The Morgan fingerprint density at radius 1 is 1.42 bits per heavy atom. The van der Waals surface area contributed by atoms with Crippen molar-refractivity contribution in [2.45, 2.75) is 18.9 Å². The third-order valence-electron chi connectivity index (χ3n) is 3.38. The molecule has 3 rings (SSSR count). The van der Waals surface area contributed by atoms with Crippen molar-refractivity contribution in [1.29, 1.82) is 0 Å². The molecule has 3 heterocycles. The third-order valence-corrected chi connectivity index (χ3v) is 3.38. The summed E-state index contributed by atoms with van der Waals surface area (Å²) >= 11 is 0. The molecule has 0 radical (unpaired) electrons. The summed E-state index contributed by atoms with van der Waals surface area (Å²) < 4.78 is 1.26. The number of aromatic nitrogens is 4. The van der Waals surface area contributed by atoms with Gasteiger partial charge in [-0.15, -0.1) is 9.78 Å². The highest BCUT2D eigenvalue weighted by molar-refractivity contribution is 5.85. The molecule has 1 saturated heterocycles. The standard InChI is InChI=1S/C12H14N6O/c1-13-9-4-7-17(8-5-9)12(19)18-11-10(15-16-18)3-2-6-14-11/h2-3,6,9H,1,4-5,7-8H2. The van der Waals surface area contributed by atoms with E-state index in [4.69, 9.17) is 0 Å². The van der Waals surface area contributed by atoms with Crippen LogP contribution in [0.3, 0.4) is 0 Å². The van der Waals surface area contributed by atoms with Crippen LogP contribution in [0, 0.1) is 0 Å². The van der Waals surface area contributed by atoms with Crippen molar-refractivity contribution >= 4 is 23.9 Å². The second kappa shape index (κ2) is 4.75. The summed E-state index contributed by atoms with van der Waals surface area (Å²) in [5, 5.41) is 7.83. The van der Waals surface area contributed by atoms with Crippen molar-refractivity contribution in [2.24, 2.45) is 4.99 Å². The van der Waals surface area contributed by atoms with Crippen molar-refractivity contribution < 1.29 is 4.79 Å². The van der Waals surface area contributed by atoms with Crippen molar-refractivity contribution in [2.75, 3.05) is 13.1 Å². The zero-order valence-corrected chi connectivity index (χ0v) is 10.4. The number of rotatable bonds is 1. The Morgan fingerprint density at radius 2 is 2.21 bits per heavy atom. The van der Waals surface area contributed by atoms with Gasteiger partial charge in [0.25, 0.3) is 0 Å². The maximum atomic E-state index is 12.4. The van der Waals surface area contributed by atoms with E-state index < -0.39 is 0 Å². The van der Waals surface area contributed by atoms with Gasteiger partial charge in [0.05, 0.1) is 6.04 Å². The molecule has 1 aliphatic heterocycles. The highest BCUT2D eigenvalue weighted by atomic mass is 16.2. The van der Waals surface area contributed by atoms with Crippen LogP contribution in [0.1, 0.15) is 12.8 Å². The van der Waals surface area contributed by atoms with Gasteiger partial charge in [0, 0.05) is 19.3 Å². The van der Waals surface area contributed by atoms with Crippen LogP contribution in [0.15, 0.2) is 23.3 Å². The second-order valence-electron chi connectivity index (χ2n) is 4.53. The van der Waals surface area contributed by atoms with Crippen LogP contribution >= 0.6 is 0 Å². The van der Waals surface area contributed by atoms with Crippen molar-refractivity contribution in [3.05, 3.63) is 18.3 Å². The van der Waals surface area contributed by atoms with Gasteiger partial charge in [0.2, 0.25) is 0 Å². The Bertz CT molecular complexity index is 613. The number of aliphatic imine (C=N–C) groups is 1. The largest absolute Gasteiger partial charge is 0.348 e. The lowest BCUT2D eigenvalue weighted by Gasteiger charge is -2.29. The first-order valence-electron chi connectivity index (χ1n) is 6.21. The Kier molecular flexibility index (Phi) is 2.94. The summed E-state index contributed by atoms with van der Waals surface area (Å²) in [5.41, 5.74) is 1.12. The number of nitrogens with zero attached hydrogens (tertiary/aromatic N) is 6. The van der Waals surface area contributed by atoms with E-state index >= 15 is 0 Å². The summed E-state index contributed by atoms with van der Waals surface area (Å²) in [6.45, 7) is 4.88. The molecule has 7 nitrogen and oxygen atoms in total. The number of piperidine rings is 1. The molecule has 0 saturated carbocycles. The SMILES string of the molecule is C=NC1CCN(C(=O)n2nnc3cccnc32)CC1. The number of likely N-dealkylation sites (tertiary alicyclic amines) is 1. The highest BCUT2D eigenvalue weighted by Gasteiger charge is 2.25. The molecule has 19 heavy (non-hydrogen) atoms. The number of pyridine rings is 1. The van der Waals surface area contributed by atoms with Crippen LogP contribution in [0.5, 0.6) is 0 Å². The van der Waals surface area contributed by atoms with Crippen LogP contribution in [0.2, 0.25) is 0 Å². The second-order valence-corrected chi connectivity index (χ2v) is 4.53. The minimum Gasteiger partial charge on any atom is -0.323 e. The molecule has 1 aliphatic rings. The fraction of sp³-hybridized carbons (Fsp3) is 0.417. The predicted octanol–water partition coefficient (Wildman–Crippen LogP) is 0.959. The van der Waals surface area contributed by atoms with E-state index in [0.717, 1.165) is 12.8 Å². The lowest BCUT2D eigenvalue weighted by Crippen LogP contribution is -2.42. The molecular weight excluding hydrogens is 244 g/mol. The Balaban J connectivity index is 1.82. The first-order chi connectivity index (χ1) is 9.29. The smallest absolute Gasteiger partial charge is 0.323 e. The monoisotopic (exact) mass is 258 g/mol. The zero-order valence-electron chi connectivity index (χ0n) is 10.4. The number of carbonyl (C=O) groups excluding carboxylic acids is 1. The molecule has 2 aromatic rings. The quantitative estimate of drug-likeness (QED) is 0.714. The van der Waals surface area contributed by atoms with E-state index in [2.05, 4.69) is 27.0 Å². The van der Waals surface area contributed by atoms with E-state index in [-0.39, 0.29) is 12.1 Å². The summed E-state index contributed by atoms with van der Waals surface area (Å²) in [6, 6.07) is 3.64. The fourth-order valence-electron chi connectivity index (χ4n) is 2.27. The average Bonchev–Trinajstić information content (AvgIpc) is 2.90. The molecule has 7 heteroatoms. The Morgan fingerprint density at radius 3 is 2.95 bits per heavy atom.